The molecule has 1 amide bonds. The van der Waals surface area contributed by atoms with Gasteiger partial charge in [-0.3, -0.25) is 14.4 Å². The van der Waals surface area contributed by atoms with Crippen LogP contribution in [-0.4, -0.2) is 76.1 Å². The van der Waals surface area contributed by atoms with Gasteiger partial charge >= 0.3 is 0 Å². The van der Waals surface area contributed by atoms with E-state index in [0.29, 0.717) is 31.1 Å². The number of carbonyl (C=O) groups is 1. The topological polar surface area (TPSA) is 89.5 Å². The number of hydrogen-bond acceptors (Lipinski definition) is 6. The highest BCUT2D eigenvalue weighted by Gasteiger charge is 2.44. The van der Waals surface area contributed by atoms with Crippen LogP contribution < -0.4 is 5.73 Å². The molecule has 5 heterocycles. The minimum Gasteiger partial charge on any atom is -0.399 e. The van der Waals surface area contributed by atoms with Gasteiger partial charge in [0, 0.05) is 36.9 Å². The molecule has 6 rings (SSSR count). The van der Waals surface area contributed by atoms with Gasteiger partial charge < -0.3 is 15.4 Å². The number of ether oxygens (including phenoxy) is 1. The van der Waals surface area contributed by atoms with Crippen molar-refractivity contribution in [3.8, 4) is 11.3 Å². The molecule has 4 aliphatic rings. The summed E-state index contributed by atoms with van der Waals surface area (Å²) in [7, 11) is 0. The summed E-state index contributed by atoms with van der Waals surface area (Å²) in [5.74, 6) is 0.931. The van der Waals surface area contributed by atoms with Crippen molar-refractivity contribution < 1.29 is 9.53 Å². The average Bonchev–Trinajstić information content (AvgIpc) is 3.23. The number of hydrogen-bond donors (Lipinski definition) is 1. The number of nitrogens with two attached hydrogens (primary N) is 1. The summed E-state index contributed by atoms with van der Waals surface area (Å²) in [5, 5.41) is 8.66. The van der Waals surface area contributed by atoms with Crippen LogP contribution in [0.4, 0.5) is 5.69 Å². The Bertz CT molecular complexity index is 878. The fourth-order valence-electron chi connectivity index (χ4n) is 5.06. The molecule has 29 heavy (non-hydrogen) atoms. The molecular formula is C21H28N6O2. The molecule has 4 saturated heterocycles. The summed E-state index contributed by atoms with van der Waals surface area (Å²) < 4.78 is 7.33. The van der Waals surface area contributed by atoms with Crippen LogP contribution in [0.2, 0.25) is 0 Å². The number of carbonyl (C=O) groups excluding carboxylic acids is 1. The van der Waals surface area contributed by atoms with E-state index in [1.165, 1.54) is 0 Å². The molecule has 4 fully saturated rings. The van der Waals surface area contributed by atoms with Crippen molar-refractivity contribution in [2.24, 2.45) is 11.8 Å². The maximum absolute atomic E-state index is 13.0. The number of piperidine rings is 3. The molecule has 0 saturated carbocycles. The fourth-order valence-corrected chi connectivity index (χ4v) is 5.06. The first-order valence-electron chi connectivity index (χ1n) is 10.5. The molecule has 154 valence electrons. The highest BCUT2D eigenvalue weighted by molar-refractivity contribution is 5.79. The van der Waals surface area contributed by atoms with E-state index in [-0.39, 0.29) is 5.92 Å². The number of amides is 1. The number of morpholine rings is 1. The van der Waals surface area contributed by atoms with Crippen molar-refractivity contribution >= 4 is 11.6 Å². The van der Waals surface area contributed by atoms with E-state index in [1.54, 1.807) is 0 Å². The molecule has 2 bridgehead atoms. The van der Waals surface area contributed by atoms with Crippen molar-refractivity contribution in [1.82, 2.24) is 24.8 Å². The number of anilines is 1. The normalized spacial score (nSPS) is 29.2. The summed E-state index contributed by atoms with van der Waals surface area (Å²) in [5.41, 5.74) is 8.44. The zero-order chi connectivity index (χ0) is 19.8. The number of aromatic nitrogens is 3. The van der Waals surface area contributed by atoms with Crippen LogP contribution in [0.5, 0.6) is 0 Å². The highest BCUT2D eigenvalue weighted by Crippen LogP contribution is 2.38. The van der Waals surface area contributed by atoms with Crippen molar-refractivity contribution in [2.45, 2.75) is 25.4 Å². The number of nitrogen functional groups attached to an aromatic ring is 1. The zero-order valence-corrected chi connectivity index (χ0v) is 16.6. The average molecular weight is 396 g/mol. The van der Waals surface area contributed by atoms with E-state index in [4.69, 9.17) is 10.5 Å². The Hall–Kier alpha value is -2.45. The van der Waals surface area contributed by atoms with Crippen LogP contribution in [0.3, 0.4) is 0 Å². The van der Waals surface area contributed by atoms with Gasteiger partial charge in [-0.05, 0) is 37.4 Å². The Labute approximate surface area is 170 Å². The maximum Gasteiger partial charge on any atom is 0.227 e. The smallest absolute Gasteiger partial charge is 0.227 e. The number of fused-ring (bicyclic) bond motifs is 3. The predicted octanol–water partition coefficient (Wildman–Crippen LogP) is 1.10. The molecule has 8 heteroatoms. The Balaban J connectivity index is 1.24. The Kier molecular flexibility index (Phi) is 4.97. The fraction of sp³-hybridized carbons (Fsp3) is 0.571. The third-order valence-corrected chi connectivity index (χ3v) is 6.64. The van der Waals surface area contributed by atoms with Crippen LogP contribution in [0.15, 0.2) is 30.5 Å². The molecule has 1 aromatic heterocycles. The van der Waals surface area contributed by atoms with E-state index < -0.39 is 0 Å². The molecule has 2 N–H and O–H groups in total. The third kappa shape index (κ3) is 3.74. The lowest BCUT2D eigenvalue weighted by molar-refractivity contribution is -0.148. The number of nitrogens with zero attached hydrogens (tertiary/aromatic N) is 5. The molecular weight excluding hydrogens is 368 g/mol. The van der Waals surface area contributed by atoms with Gasteiger partial charge in [0.2, 0.25) is 5.91 Å². The summed E-state index contributed by atoms with van der Waals surface area (Å²) >= 11 is 0. The lowest BCUT2D eigenvalue weighted by Crippen LogP contribution is -2.59. The van der Waals surface area contributed by atoms with Crippen molar-refractivity contribution in [3.63, 3.8) is 0 Å². The van der Waals surface area contributed by atoms with Gasteiger partial charge in [0.1, 0.15) is 5.69 Å². The van der Waals surface area contributed by atoms with Gasteiger partial charge in [-0.1, -0.05) is 17.3 Å². The largest absolute Gasteiger partial charge is 0.399 e. The first-order chi connectivity index (χ1) is 14.2. The van der Waals surface area contributed by atoms with Gasteiger partial charge in [-0.15, -0.1) is 5.10 Å². The zero-order valence-electron chi connectivity index (χ0n) is 16.6. The van der Waals surface area contributed by atoms with Crippen LogP contribution in [0, 0.1) is 11.8 Å². The van der Waals surface area contributed by atoms with Crippen molar-refractivity contribution in [3.05, 3.63) is 30.5 Å². The number of benzene rings is 1. The Morgan fingerprint density at radius 3 is 2.86 bits per heavy atom. The van der Waals surface area contributed by atoms with Gasteiger partial charge in [0.05, 0.1) is 31.9 Å². The monoisotopic (exact) mass is 396 g/mol. The van der Waals surface area contributed by atoms with Gasteiger partial charge in [-0.25, -0.2) is 0 Å². The molecule has 1 aromatic carbocycles. The molecule has 4 atom stereocenters. The lowest BCUT2D eigenvalue weighted by atomic mass is 9.75. The van der Waals surface area contributed by atoms with Gasteiger partial charge in [0.15, 0.2) is 0 Å². The second-order valence-electron chi connectivity index (χ2n) is 8.43. The van der Waals surface area contributed by atoms with Gasteiger partial charge in [0.25, 0.3) is 0 Å². The molecule has 0 radical (unpaired) electrons. The summed E-state index contributed by atoms with van der Waals surface area (Å²) in [6.45, 7) is 5.54. The van der Waals surface area contributed by atoms with Crippen molar-refractivity contribution in [1.29, 1.82) is 0 Å². The van der Waals surface area contributed by atoms with E-state index in [1.807, 2.05) is 40.0 Å². The highest BCUT2D eigenvalue weighted by atomic mass is 16.5. The molecule has 0 spiro atoms. The van der Waals surface area contributed by atoms with E-state index in [2.05, 4.69) is 15.2 Å². The molecule has 0 aliphatic carbocycles. The SMILES string of the molecule is Nc1cccc(-c2cn(CC3CC4CCN3CC4C(=O)N3CCOCC3)nn2)c1. The van der Waals surface area contributed by atoms with Crippen LogP contribution in [0.1, 0.15) is 12.8 Å². The van der Waals surface area contributed by atoms with Gasteiger partial charge in [-0.2, -0.15) is 0 Å². The second kappa shape index (κ2) is 7.76. The van der Waals surface area contributed by atoms with E-state index >= 15 is 0 Å². The van der Waals surface area contributed by atoms with Crippen LogP contribution in [-0.2, 0) is 16.1 Å². The second-order valence-corrected chi connectivity index (χ2v) is 8.43. The molecule has 4 aliphatic heterocycles. The minimum atomic E-state index is 0.136. The summed E-state index contributed by atoms with van der Waals surface area (Å²) in [4.78, 5) is 17.5. The van der Waals surface area contributed by atoms with Crippen LogP contribution in [0.25, 0.3) is 11.3 Å². The lowest BCUT2D eigenvalue weighted by Gasteiger charge is -2.50. The van der Waals surface area contributed by atoms with E-state index in [9.17, 15) is 4.79 Å². The Morgan fingerprint density at radius 1 is 1.24 bits per heavy atom. The molecule has 2 aromatic rings. The Morgan fingerprint density at radius 2 is 2.10 bits per heavy atom. The quantitative estimate of drug-likeness (QED) is 0.779. The number of rotatable bonds is 4. The van der Waals surface area contributed by atoms with E-state index in [0.717, 1.165) is 62.5 Å². The first-order valence-corrected chi connectivity index (χ1v) is 10.5. The molecule has 4 unspecified atom stereocenters. The maximum atomic E-state index is 13.0. The summed E-state index contributed by atoms with van der Waals surface area (Å²) in [6, 6.07) is 8.13. The first kappa shape index (κ1) is 18.6. The predicted molar refractivity (Wildman–Crippen MR) is 109 cm³/mol. The van der Waals surface area contributed by atoms with Crippen molar-refractivity contribution in [2.75, 3.05) is 45.1 Å². The standard InChI is InChI=1S/C21H28N6O2/c22-17-3-1-2-16(10-17)20-14-27(24-23-20)12-18-11-15-4-5-26(18)13-19(15)21(28)25-6-8-29-9-7-25/h1-3,10,14-15,18-19H,4-9,11-13,22H2. The molecule has 8 nitrogen and oxygen atoms in total. The minimum absolute atomic E-state index is 0.136. The summed E-state index contributed by atoms with van der Waals surface area (Å²) in [6.07, 6.45) is 4.16. The van der Waals surface area contributed by atoms with Crippen LogP contribution >= 0.6 is 0 Å². The third-order valence-electron chi connectivity index (χ3n) is 6.64.